The number of hydrogen-bond acceptors (Lipinski definition) is 4. The highest BCUT2D eigenvalue weighted by molar-refractivity contribution is 5.91. The topological polar surface area (TPSA) is 85.4 Å². The molecular formula is C18H19FN2O4. The molecule has 1 saturated carbocycles. The summed E-state index contributed by atoms with van der Waals surface area (Å²) in [7, 11) is 0. The van der Waals surface area contributed by atoms with E-state index in [1.54, 1.807) is 12.1 Å². The molecule has 0 atom stereocenters. The summed E-state index contributed by atoms with van der Waals surface area (Å²) in [5, 5.41) is 13.5. The van der Waals surface area contributed by atoms with Crippen LogP contribution in [0.15, 0.2) is 40.8 Å². The van der Waals surface area contributed by atoms with Gasteiger partial charge in [-0.25, -0.2) is 4.39 Å². The lowest BCUT2D eigenvalue weighted by Gasteiger charge is -2.38. The van der Waals surface area contributed by atoms with E-state index in [4.69, 9.17) is 4.42 Å². The van der Waals surface area contributed by atoms with Crippen LogP contribution in [0.4, 0.5) is 10.3 Å². The first-order valence-electron chi connectivity index (χ1n) is 8.29. The van der Waals surface area contributed by atoms with Gasteiger partial charge in [-0.2, -0.15) is 0 Å². The van der Waals surface area contributed by atoms with E-state index in [1.807, 2.05) is 0 Å². The van der Waals surface area contributed by atoms with Crippen molar-refractivity contribution in [1.82, 2.24) is 5.32 Å². The van der Waals surface area contributed by atoms with E-state index in [2.05, 4.69) is 5.32 Å². The van der Waals surface area contributed by atoms with Crippen molar-refractivity contribution in [2.75, 3.05) is 6.54 Å². The summed E-state index contributed by atoms with van der Waals surface area (Å²) in [6, 6.07) is 8.85. The van der Waals surface area contributed by atoms with Crippen LogP contribution in [0.3, 0.4) is 0 Å². The van der Waals surface area contributed by atoms with Crippen LogP contribution in [-0.2, 0) is 5.41 Å². The third-order valence-corrected chi connectivity index (χ3v) is 4.85. The summed E-state index contributed by atoms with van der Waals surface area (Å²) < 4.78 is 18.2. The molecule has 1 heterocycles. The Bertz CT molecular complexity index is 764. The molecule has 25 heavy (non-hydrogen) atoms. The Hall–Kier alpha value is -2.70. The van der Waals surface area contributed by atoms with Crippen molar-refractivity contribution in [2.45, 2.75) is 37.5 Å². The summed E-state index contributed by atoms with van der Waals surface area (Å²) in [6.07, 6.45) is 5.02. The highest BCUT2D eigenvalue weighted by atomic mass is 19.1. The summed E-state index contributed by atoms with van der Waals surface area (Å²) >= 11 is 0. The van der Waals surface area contributed by atoms with E-state index in [-0.39, 0.29) is 17.0 Å². The van der Waals surface area contributed by atoms with Crippen LogP contribution in [-0.4, -0.2) is 17.4 Å². The molecule has 0 unspecified atom stereocenters. The molecule has 1 aliphatic carbocycles. The zero-order valence-corrected chi connectivity index (χ0v) is 13.7. The summed E-state index contributed by atoms with van der Waals surface area (Å²) in [5.74, 6) is -1.32. The maximum Gasteiger partial charge on any atom is 0.433 e. The smallest absolute Gasteiger partial charge is 0.395 e. The molecule has 1 fully saturated rings. The van der Waals surface area contributed by atoms with Crippen molar-refractivity contribution >= 4 is 11.8 Å². The van der Waals surface area contributed by atoms with Crippen LogP contribution < -0.4 is 5.32 Å². The molecule has 2 aromatic rings. The SMILES string of the molecule is O=C(NCC1(c2ccc(F)cc2)CCCCC1)c1ccc([N+](=O)[O-])o1. The first kappa shape index (κ1) is 17.1. The Morgan fingerprint density at radius 3 is 2.44 bits per heavy atom. The third kappa shape index (κ3) is 3.70. The molecule has 0 saturated heterocycles. The molecule has 1 aromatic carbocycles. The number of nitro groups is 1. The van der Waals surface area contributed by atoms with Gasteiger partial charge in [-0.3, -0.25) is 14.9 Å². The molecule has 3 rings (SSSR count). The molecule has 1 aromatic heterocycles. The van der Waals surface area contributed by atoms with Crippen molar-refractivity contribution in [3.05, 3.63) is 63.7 Å². The van der Waals surface area contributed by atoms with E-state index in [0.717, 1.165) is 43.7 Å². The number of halogens is 1. The zero-order chi connectivity index (χ0) is 17.9. The lowest BCUT2D eigenvalue weighted by Crippen LogP contribution is -2.42. The lowest BCUT2D eigenvalue weighted by atomic mass is 9.69. The van der Waals surface area contributed by atoms with E-state index < -0.39 is 16.7 Å². The molecule has 0 bridgehead atoms. The molecule has 1 N–H and O–H groups in total. The third-order valence-electron chi connectivity index (χ3n) is 4.85. The molecule has 0 radical (unpaired) electrons. The van der Waals surface area contributed by atoms with Gasteiger partial charge in [0.05, 0.1) is 6.07 Å². The minimum atomic E-state index is -0.683. The summed E-state index contributed by atoms with van der Waals surface area (Å²) in [4.78, 5) is 22.2. The number of nitrogens with one attached hydrogen (secondary N) is 1. The van der Waals surface area contributed by atoms with E-state index >= 15 is 0 Å². The van der Waals surface area contributed by atoms with Gasteiger partial charge in [0.2, 0.25) is 0 Å². The number of hydrogen-bond donors (Lipinski definition) is 1. The second kappa shape index (κ2) is 7.04. The van der Waals surface area contributed by atoms with Crippen molar-refractivity contribution in [2.24, 2.45) is 0 Å². The molecule has 7 heteroatoms. The van der Waals surface area contributed by atoms with Crippen LogP contribution in [0, 0.1) is 15.9 Å². The first-order chi connectivity index (χ1) is 12.0. The first-order valence-corrected chi connectivity index (χ1v) is 8.29. The fourth-order valence-electron chi connectivity index (χ4n) is 3.48. The Morgan fingerprint density at radius 2 is 1.84 bits per heavy atom. The molecule has 1 amide bonds. The standard InChI is InChI=1S/C18H19FN2O4/c19-14-6-4-13(5-7-14)18(10-2-1-3-11-18)12-20-17(22)15-8-9-16(25-15)21(23)24/h4-9H,1-3,10-12H2,(H,20,22). The lowest BCUT2D eigenvalue weighted by molar-refractivity contribution is -0.402. The minimum Gasteiger partial charge on any atom is -0.395 e. The van der Waals surface area contributed by atoms with Gasteiger partial charge in [0.25, 0.3) is 5.91 Å². The number of amides is 1. The van der Waals surface area contributed by atoms with E-state index in [9.17, 15) is 19.3 Å². The van der Waals surface area contributed by atoms with Gasteiger partial charge in [0, 0.05) is 12.0 Å². The average molecular weight is 346 g/mol. The Balaban J connectivity index is 1.75. The van der Waals surface area contributed by atoms with Crippen LogP contribution in [0.1, 0.15) is 48.2 Å². The highest BCUT2D eigenvalue weighted by Crippen LogP contribution is 2.39. The largest absolute Gasteiger partial charge is 0.433 e. The zero-order valence-electron chi connectivity index (χ0n) is 13.7. The number of benzene rings is 1. The predicted octanol–water partition coefficient (Wildman–Crippen LogP) is 3.96. The van der Waals surface area contributed by atoms with Gasteiger partial charge in [-0.1, -0.05) is 31.4 Å². The fraction of sp³-hybridized carbons (Fsp3) is 0.389. The van der Waals surface area contributed by atoms with Gasteiger partial charge >= 0.3 is 5.88 Å². The second-order valence-electron chi connectivity index (χ2n) is 6.43. The Kier molecular flexibility index (Phi) is 4.83. The summed E-state index contributed by atoms with van der Waals surface area (Å²) in [6.45, 7) is 0.381. The normalized spacial score (nSPS) is 16.4. The number of furan rings is 1. The monoisotopic (exact) mass is 346 g/mol. The van der Waals surface area contributed by atoms with Crippen LogP contribution >= 0.6 is 0 Å². The number of nitrogens with zero attached hydrogens (tertiary/aromatic N) is 1. The quantitative estimate of drug-likeness (QED) is 0.656. The number of carbonyl (C=O) groups excluding carboxylic acids is 1. The van der Waals surface area contributed by atoms with Gasteiger partial charge in [0.1, 0.15) is 10.7 Å². The number of rotatable bonds is 5. The maximum absolute atomic E-state index is 13.2. The van der Waals surface area contributed by atoms with Crippen molar-refractivity contribution < 1.29 is 18.5 Å². The molecule has 6 nitrogen and oxygen atoms in total. The van der Waals surface area contributed by atoms with Crippen LogP contribution in [0.5, 0.6) is 0 Å². The molecule has 132 valence electrons. The van der Waals surface area contributed by atoms with E-state index in [0.29, 0.717) is 6.54 Å². The predicted molar refractivity (Wildman–Crippen MR) is 88.9 cm³/mol. The maximum atomic E-state index is 13.2. The van der Waals surface area contributed by atoms with E-state index in [1.165, 1.54) is 18.2 Å². The second-order valence-corrected chi connectivity index (χ2v) is 6.43. The number of carbonyl (C=O) groups is 1. The van der Waals surface area contributed by atoms with Crippen molar-refractivity contribution in [1.29, 1.82) is 0 Å². The highest BCUT2D eigenvalue weighted by Gasteiger charge is 2.34. The van der Waals surface area contributed by atoms with Gasteiger partial charge in [-0.15, -0.1) is 0 Å². The van der Waals surface area contributed by atoms with Crippen molar-refractivity contribution in [3.63, 3.8) is 0 Å². The van der Waals surface area contributed by atoms with Crippen LogP contribution in [0.2, 0.25) is 0 Å². The molecular weight excluding hydrogens is 327 g/mol. The Morgan fingerprint density at radius 1 is 1.16 bits per heavy atom. The van der Waals surface area contributed by atoms with Crippen LogP contribution in [0.25, 0.3) is 0 Å². The Labute approximate surface area is 144 Å². The van der Waals surface area contributed by atoms with Gasteiger partial charge in [-0.05, 0) is 36.6 Å². The summed E-state index contributed by atoms with van der Waals surface area (Å²) in [5.41, 5.74) is 0.750. The molecule has 0 aliphatic heterocycles. The minimum absolute atomic E-state index is 0.0863. The molecule has 1 aliphatic rings. The van der Waals surface area contributed by atoms with Crippen molar-refractivity contribution in [3.8, 4) is 0 Å². The fourth-order valence-corrected chi connectivity index (χ4v) is 3.48. The van der Waals surface area contributed by atoms with Gasteiger partial charge in [0.15, 0.2) is 5.76 Å². The van der Waals surface area contributed by atoms with Gasteiger partial charge < -0.3 is 9.73 Å². The molecule has 0 spiro atoms. The average Bonchev–Trinajstić information content (AvgIpc) is 3.12.